The largest absolute Gasteiger partial charge is 0.450 e. The van der Waals surface area contributed by atoms with Crippen molar-refractivity contribution in [1.29, 1.82) is 0 Å². The summed E-state index contributed by atoms with van der Waals surface area (Å²) in [6.45, 7) is 2.07. The molecular formula is C15H13N3O3. The fourth-order valence-electron chi connectivity index (χ4n) is 1.91. The monoisotopic (exact) mass is 283 g/mol. The molecule has 6 heteroatoms. The van der Waals surface area contributed by atoms with Crippen LogP contribution in [0.1, 0.15) is 6.92 Å². The second kappa shape index (κ2) is 5.62. The summed E-state index contributed by atoms with van der Waals surface area (Å²) in [6.07, 6.45) is 2.86. The number of ether oxygens (including phenoxy) is 1. The maximum Gasteiger partial charge on any atom is 0.411 e. The highest BCUT2D eigenvalue weighted by Gasteiger charge is 2.09. The van der Waals surface area contributed by atoms with Crippen LogP contribution in [-0.4, -0.2) is 22.7 Å². The summed E-state index contributed by atoms with van der Waals surface area (Å²) in [5.74, 6) is 0.515. The summed E-state index contributed by atoms with van der Waals surface area (Å²) in [5, 5.41) is 2.63. The Kier molecular flexibility index (Phi) is 3.51. The Labute approximate surface area is 120 Å². The average Bonchev–Trinajstić information content (AvgIpc) is 2.91. The molecule has 0 fully saturated rings. The quantitative estimate of drug-likeness (QED) is 0.796. The van der Waals surface area contributed by atoms with Gasteiger partial charge in [-0.3, -0.25) is 10.3 Å². The van der Waals surface area contributed by atoms with Crippen LogP contribution in [0.25, 0.3) is 22.6 Å². The van der Waals surface area contributed by atoms with Crippen molar-refractivity contribution in [2.75, 3.05) is 11.9 Å². The fourth-order valence-corrected chi connectivity index (χ4v) is 1.91. The van der Waals surface area contributed by atoms with Crippen LogP contribution in [0.5, 0.6) is 0 Å². The summed E-state index contributed by atoms with van der Waals surface area (Å²) in [4.78, 5) is 19.7. The molecule has 0 saturated heterocycles. The third-order valence-corrected chi connectivity index (χ3v) is 2.84. The predicted molar refractivity (Wildman–Crippen MR) is 77.9 cm³/mol. The van der Waals surface area contributed by atoms with E-state index in [0.29, 0.717) is 23.8 Å². The number of rotatable bonds is 3. The molecule has 2 aromatic heterocycles. The topological polar surface area (TPSA) is 77.2 Å². The lowest BCUT2D eigenvalue weighted by Crippen LogP contribution is -2.12. The van der Waals surface area contributed by atoms with Gasteiger partial charge in [0.25, 0.3) is 0 Å². The zero-order valence-electron chi connectivity index (χ0n) is 11.4. The smallest absolute Gasteiger partial charge is 0.411 e. The van der Waals surface area contributed by atoms with E-state index >= 15 is 0 Å². The molecular weight excluding hydrogens is 270 g/mol. The maximum atomic E-state index is 11.4. The van der Waals surface area contributed by atoms with Crippen LogP contribution in [0, 0.1) is 0 Å². The van der Waals surface area contributed by atoms with Gasteiger partial charge in [-0.15, -0.1) is 0 Å². The number of pyridine rings is 1. The number of aromatic nitrogens is 2. The van der Waals surface area contributed by atoms with Crippen molar-refractivity contribution in [2.45, 2.75) is 6.92 Å². The number of nitrogens with zero attached hydrogens (tertiary/aromatic N) is 2. The third-order valence-electron chi connectivity index (χ3n) is 2.84. The van der Waals surface area contributed by atoms with Crippen molar-refractivity contribution in [3.05, 3.63) is 42.7 Å². The van der Waals surface area contributed by atoms with Gasteiger partial charge in [0, 0.05) is 29.7 Å². The molecule has 3 aromatic rings. The summed E-state index contributed by atoms with van der Waals surface area (Å²) < 4.78 is 10.5. The average molecular weight is 283 g/mol. The van der Waals surface area contributed by atoms with Crippen LogP contribution in [0.2, 0.25) is 0 Å². The molecule has 0 aliphatic rings. The number of hydrogen-bond acceptors (Lipinski definition) is 5. The second-order valence-corrected chi connectivity index (χ2v) is 4.28. The highest BCUT2D eigenvalue weighted by molar-refractivity contribution is 5.88. The summed E-state index contributed by atoms with van der Waals surface area (Å²) in [5.41, 5.74) is 2.76. The van der Waals surface area contributed by atoms with Crippen molar-refractivity contribution in [3.8, 4) is 11.5 Å². The number of anilines is 1. The van der Waals surface area contributed by atoms with Gasteiger partial charge in [-0.05, 0) is 31.2 Å². The van der Waals surface area contributed by atoms with E-state index in [9.17, 15) is 4.79 Å². The van der Waals surface area contributed by atoms with Crippen LogP contribution < -0.4 is 5.32 Å². The Bertz CT molecular complexity index is 768. The van der Waals surface area contributed by atoms with Crippen molar-refractivity contribution in [3.63, 3.8) is 0 Å². The number of hydrogen-bond donors (Lipinski definition) is 1. The molecule has 0 atom stereocenters. The predicted octanol–water partition coefficient (Wildman–Crippen LogP) is 3.46. The van der Waals surface area contributed by atoms with Crippen molar-refractivity contribution in [1.82, 2.24) is 9.97 Å². The van der Waals surface area contributed by atoms with Gasteiger partial charge in [-0.1, -0.05) is 0 Å². The molecule has 0 radical (unpaired) electrons. The standard InChI is InChI=1S/C15H13N3O3/c1-2-20-15(19)17-11-3-4-12-13(9-11)21-14(18-12)10-5-7-16-8-6-10/h3-9H,2H2,1H3,(H,17,19). The molecule has 0 aliphatic carbocycles. The van der Waals surface area contributed by atoms with Gasteiger partial charge in [-0.2, -0.15) is 0 Å². The number of benzene rings is 1. The third kappa shape index (κ3) is 2.84. The van der Waals surface area contributed by atoms with Gasteiger partial charge < -0.3 is 9.15 Å². The van der Waals surface area contributed by atoms with Gasteiger partial charge >= 0.3 is 6.09 Å². The zero-order chi connectivity index (χ0) is 14.7. The second-order valence-electron chi connectivity index (χ2n) is 4.28. The van der Waals surface area contributed by atoms with E-state index in [4.69, 9.17) is 9.15 Å². The Balaban J connectivity index is 1.90. The van der Waals surface area contributed by atoms with Gasteiger partial charge in [0.2, 0.25) is 5.89 Å². The van der Waals surface area contributed by atoms with Crippen LogP contribution in [-0.2, 0) is 4.74 Å². The minimum atomic E-state index is -0.495. The first-order chi connectivity index (χ1) is 10.3. The van der Waals surface area contributed by atoms with Gasteiger partial charge in [-0.25, -0.2) is 9.78 Å². The normalized spacial score (nSPS) is 10.5. The molecule has 0 unspecified atom stereocenters. The molecule has 0 spiro atoms. The van der Waals surface area contributed by atoms with E-state index in [1.165, 1.54) is 0 Å². The molecule has 1 aromatic carbocycles. The molecule has 0 bridgehead atoms. The van der Waals surface area contributed by atoms with Gasteiger partial charge in [0.15, 0.2) is 5.58 Å². The number of nitrogens with one attached hydrogen (secondary N) is 1. The Hall–Kier alpha value is -2.89. The van der Waals surface area contributed by atoms with Crippen LogP contribution in [0.15, 0.2) is 47.1 Å². The molecule has 2 heterocycles. The zero-order valence-corrected chi connectivity index (χ0v) is 11.4. The highest BCUT2D eigenvalue weighted by atomic mass is 16.5. The van der Waals surface area contributed by atoms with Crippen LogP contribution >= 0.6 is 0 Å². The maximum absolute atomic E-state index is 11.4. The first kappa shape index (κ1) is 13.1. The Morgan fingerprint density at radius 1 is 1.29 bits per heavy atom. The molecule has 1 N–H and O–H groups in total. The van der Waals surface area contributed by atoms with Crippen molar-refractivity contribution >= 4 is 22.9 Å². The lowest BCUT2D eigenvalue weighted by atomic mass is 10.3. The van der Waals surface area contributed by atoms with Crippen LogP contribution in [0.3, 0.4) is 0 Å². The molecule has 6 nitrogen and oxygen atoms in total. The van der Waals surface area contributed by atoms with E-state index in [2.05, 4.69) is 15.3 Å². The van der Waals surface area contributed by atoms with Crippen molar-refractivity contribution in [2.24, 2.45) is 0 Å². The summed E-state index contributed by atoms with van der Waals surface area (Å²) in [7, 11) is 0. The number of fused-ring (bicyclic) bond motifs is 1. The number of carbonyl (C=O) groups is 1. The molecule has 0 saturated carbocycles. The first-order valence-corrected chi connectivity index (χ1v) is 6.51. The minimum absolute atomic E-state index is 0.322. The summed E-state index contributed by atoms with van der Waals surface area (Å²) >= 11 is 0. The van der Waals surface area contributed by atoms with E-state index < -0.39 is 6.09 Å². The number of amides is 1. The van der Waals surface area contributed by atoms with Gasteiger partial charge in [0.05, 0.1) is 6.61 Å². The SMILES string of the molecule is CCOC(=O)Nc1ccc2nc(-c3ccncc3)oc2c1. The van der Waals surface area contributed by atoms with E-state index in [0.717, 1.165) is 11.1 Å². The van der Waals surface area contributed by atoms with E-state index in [-0.39, 0.29) is 0 Å². The lowest BCUT2D eigenvalue weighted by molar-refractivity contribution is 0.168. The molecule has 21 heavy (non-hydrogen) atoms. The van der Waals surface area contributed by atoms with Crippen molar-refractivity contribution < 1.29 is 13.9 Å². The number of carbonyl (C=O) groups excluding carboxylic acids is 1. The molecule has 0 aliphatic heterocycles. The van der Waals surface area contributed by atoms with Gasteiger partial charge in [0.1, 0.15) is 5.52 Å². The molecule has 1 amide bonds. The van der Waals surface area contributed by atoms with Crippen LogP contribution in [0.4, 0.5) is 10.5 Å². The summed E-state index contributed by atoms with van der Waals surface area (Å²) in [6, 6.07) is 8.89. The minimum Gasteiger partial charge on any atom is -0.450 e. The molecule has 106 valence electrons. The molecule has 3 rings (SSSR count). The first-order valence-electron chi connectivity index (χ1n) is 6.51. The van der Waals surface area contributed by atoms with E-state index in [1.807, 2.05) is 12.1 Å². The Morgan fingerprint density at radius 3 is 2.86 bits per heavy atom. The highest BCUT2D eigenvalue weighted by Crippen LogP contribution is 2.25. The fraction of sp³-hybridized carbons (Fsp3) is 0.133. The lowest BCUT2D eigenvalue weighted by Gasteiger charge is -2.03. The van der Waals surface area contributed by atoms with E-state index in [1.54, 1.807) is 37.5 Å². The Morgan fingerprint density at radius 2 is 2.10 bits per heavy atom. The number of oxazole rings is 1.